The van der Waals surface area contributed by atoms with Crippen LogP contribution in [0.4, 0.5) is 4.39 Å². The van der Waals surface area contributed by atoms with Crippen molar-refractivity contribution in [2.45, 2.75) is 49.2 Å². The summed E-state index contributed by atoms with van der Waals surface area (Å²) in [4.78, 5) is 12.7. The fraction of sp³-hybridized carbons (Fsp3) is 0.400. The van der Waals surface area contributed by atoms with Gasteiger partial charge in [-0.3, -0.25) is 9.36 Å². The molecule has 180 valence electrons. The van der Waals surface area contributed by atoms with Crippen LogP contribution in [0.5, 0.6) is 5.75 Å². The maximum atomic E-state index is 13.4. The van der Waals surface area contributed by atoms with E-state index in [-0.39, 0.29) is 23.1 Å². The number of carbonyl (C=O) groups is 1. The number of amides is 1. The second kappa shape index (κ2) is 11.5. The Morgan fingerprint density at radius 3 is 2.68 bits per heavy atom. The molecule has 1 fully saturated rings. The van der Waals surface area contributed by atoms with Gasteiger partial charge in [0.05, 0.1) is 25.0 Å². The lowest BCUT2D eigenvalue weighted by Gasteiger charge is -2.16. The van der Waals surface area contributed by atoms with Gasteiger partial charge in [-0.2, -0.15) is 0 Å². The second-order valence-corrected chi connectivity index (χ2v) is 9.52. The van der Waals surface area contributed by atoms with Gasteiger partial charge in [0.15, 0.2) is 11.0 Å². The lowest BCUT2D eigenvalue weighted by Crippen LogP contribution is -2.32. The maximum Gasteiger partial charge on any atom is 0.233 e. The molecule has 1 amide bonds. The van der Waals surface area contributed by atoms with Crippen molar-refractivity contribution in [1.82, 2.24) is 20.1 Å². The fourth-order valence-electron chi connectivity index (χ4n) is 3.82. The normalized spacial score (nSPS) is 16.4. The zero-order valence-electron chi connectivity index (χ0n) is 19.4. The first-order chi connectivity index (χ1) is 16.5. The van der Waals surface area contributed by atoms with Gasteiger partial charge in [-0.1, -0.05) is 23.9 Å². The van der Waals surface area contributed by atoms with Crippen molar-refractivity contribution >= 4 is 17.7 Å². The van der Waals surface area contributed by atoms with Crippen LogP contribution in [0, 0.1) is 5.82 Å². The van der Waals surface area contributed by atoms with E-state index in [0.29, 0.717) is 24.1 Å². The molecule has 1 saturated heterocycles. The number of nitrogens with zero attached hydrogens (tertiary/aromatic N) is 3. The molecule has 9 heteroatoms. The van der Waals surface area contributed by atoms with E-state index in [9.17, 15) is 9.18 Å². The second-order valence-electron chi connectivity index (χ2n) is 8.21. The number of methoxy groups -OCH3 is 1. The molecule has 0 spiro atoms. The molecule has 0 bridgehead atoms. The van der Waals surface area contributed by atoms with Gasteiger partial charge in [-0.15, -0.1) is 10.2 Å². The molecule has 4 rings (SSSR count). The summed E-state index contributed by atoms with van der Waals surface area (Å²) in [5.74, 6) is 1.09. The van der Waals surface area contributed by atoms with Crippen molar-refractivity contribution in [2.24, 2.45) is 0 Å². The van der Waals surface area contributed by atoms with E-state index in [1.807, 2.05) is 35.8 Å². The molecule has 2 atom stereocenters. The third-order valence-corrected chi connectivity index (χ3v) is 6.83. The van der Waals surface area contributed by atoms with Gasteiger partial charge < -0.3 is 14.8 Å². The Balaban J connectivity index is 1.40. The first-order valence-electron chi connectivity index (χ1n) is 11.4. The van der Waals surface area contributed by atoms with Crippen molar-refractivity contribution in [3.63, 3.8) is 0 Å². The molecule has 0 saturated carbocycles. The number of nitrogens with one attached hydrogen (secondary N) is 1. The Kier molecular flexibility index (Phi) is 8.18. The highest BCUT2D eigenvalue weighted by molar-refractivity contribution is 8.00. The van der Waals surface area contributed by atoms with Gasteiger partial charge in [0, 0.05) is 18.7 Å². The van der Waals surface area contributed by atoms with Crippen LogP contribution in [0.15, 0.2) is 53.7 Å². The number of aromatic nitrogens is 3. The van der Waals surface area contributed by atoms with Crippen LogP contribution in [0.3, 0.4) is 0 Å². The van der Waals surface area contributed by atoms with Crippen molar-refractivity contribution in [3.8, 4) is 17.1 Å². The van der Waals surface area contributed by atoms with Crippen molar-refractivity contribution in [1.29, 1.82) is 0 Å². The van der Waals surface area contributed by atoms with E-state index >= 15 is 0 Å². The summed E-state index contributed by atoms with van der Waals surface area (Å²) >= 11 is 1.36. The molecule has 0 radical (unpaired) electrons. The van der Waals surface area contributed by atoms with Crippen molar-refractivity contribution < 1.29 is 18.7 Å². The van der Waals surface area contributed by atoms with Gasteiger partial charge in [0.1, 0.15) is 11.6 Å². The van der Waals surface area contributed by atoms with Crippen molar-refractivity contribution in [3.05, 3.63) is 59.9 Å². The van der Waals surface area contributed by atoms with Gasteiger partial charge in [-0.05, 0) is 68.1 Å². The van der Waals surface area contributed by atoms with Crippen LogP contribution in [0.1, 0.15) is 25.3 Å². The summed E-state index contributed by atoms with van der Waals surface area (Å²) in [6.45, 7) is 3.73. The van der Waals surface area contributed by atoms with E-state index in [1.165, 1.54) is 23.9 Å². The Bertz CT molecular complexity index is 1080. The predicted molar refractivity (Wildman–Crippen MR) is 129 cm³/mol. The molecule has 1 N–H and O–H groups in total. The van der Waals surface area contributed by atoms with Crippen LogP contribution in [-0.4, -0.2) is 52.3 Å². The molecular weight excluding hydrogens is 455 g/mol. The van der Waals surface area contributed by atoms with Gasteiger partial charge in [0.2, 0.25) is 5.91 Å². The predicted octanol–water partition coefficient (Wildman–Crippen LogP) is 4.11. The Hall–Kier alpha value is -2.91. The zero-order valence-corrected chi connectivity index (χ0v) is 20.2. The first-order valence-corrected chi connectivity index (χ1v) is 12.3. The average molecular weight is 485 g/mol. The lowest BCUT2D eigenvalue weighted by molar-refractivity contribution is -0.120. The molecule has 1 aliphatic rings. The largest absolute Gasteiger partial charge is 0.497 e. The quantitative estimate of drug-likeness (QED) is 0.437. The van der Waals surface area contributed by atoms with Crippen LogP contribution in [0.2, 0.25) is 0 Å². The first kappa shape index (κ1) is 24.2. The molecule has 1 aliphatic heterocycles. The van der Waals surface area contributed by atoms with Gasteiger partial charge in [-0.25, -0.2) is 4.39 Å². The molecule has 7 nitrogen and oxygen atoms in total. The van der Waals surface area contributed by atoms with E-state index < -0.39 is 0 Å². The van der Waals surface area contributed by atoms with Crippen molar-refractivity contribution in [2.75, 3.05) is 20.3 Å². The van der Waals surface area contributed by atoms with Crippen LogP contribution in [-0.2, 0) is 22.5 Å². The van der Waals surface area contributed by atoms with Gasteiger partial charge in [0.25, 0.3) is 0 Å². The highest BCUT2D eigenvalue weighted by Gasteiger charge is 2.24. The lowest BCUT2D eigenvalue weighted by atomic mass is 10.1. The fourth-order valence-corrected chi connectivity index (χ4v) is 4.71. The summed E-state index contributed by atoms with van der Waals surface area (Å²) in [7, 11) is 1.64. The topological polar surface area (TPSA) is 78.3 Å². The summed E-state index contributed by atoms with van der Waals surface area (Å²) in [5.41, 5.74) is 1.90. The standard InChI is InChI=1S/C25H29FN4O3S/c1-17(24(31)27-14-13-18-5-11-21(32-2)12-6-18)34-25-29-28-23(19-7-9-20(26)10-8-19)30(25)16-22-4-3-15-33-22/h5-12,17,22H,3-4,13-16H2,1-2H3,(H,27,31). The number of hydrogen-bond acceptors (Lipinski definition) is 6. The molecule has 3 aromatic rings. The summed E-state index contributed by atoms with van der Waals surface area (Å²) < 4.78 is 26.4. The van der Waals surface area contributed by atoms with Crippen LogP contribution < -0.4 is 10.1 Å². The summed E-state index contributed by atoms with van der Waals surface area (Å²) in [6, 6.07) is 14.0. The number of carbonyl (C=O) groups excluding carboxylic acids is 1. The SMILES string of the molecule is COc1ccc(CCNC(=O)C(C)Sc2nnc(-c3ccc(F)cc3)n2CC2CCCO2)cc1. The molecule has 0 aliphatic carbocycles. The Labute approximate surface area is 203 Å². The number of benzene rings is 2. The third-order valence-electron chi connectivity index (χ3n) is 5.75. The Morgan fingerprint density at radius 2 is 2.00 bits per heavy atom. The molecule has 2 heterocycles. The minimum atomic E-state index is -0.357. The monoisotopic (exact) mass is 484 g/mol. The molecule has 1 aromatic heterocycles. The number of hydrogen-bond donors (Lipinski definition) is 1. The highest BCUT2D eigenvalue weighted by Crippen LogP contribution is 2.29. The van der Waals surface area contributed by atoms with E-state index in [2.05, 4.69) is 15.5 Å². The number of halogens is 1. The summed E-state index contributed by atoms with van der Waals surface area (Å²) in [5, 5.41) is 12.0. The number of thioether (sulfide) groups is 1. The minimum Gasteiger partial charge on any atom is -0.497 e. The molecule has 2 unspecified atom stereocenters. The van der Waals surface area contributed by atoms with Gasteiger partial charge >= 0.3 is 0 Å². The maximum absolute atomic E-state index is 13.4. The third kappa shape index (κ3) is 6.15. The zero-order chi connectivity index (χ0) is 23.9. The molecule has 34 heavy (non-hydrogen) atoms. The van der Waals surface area contributed by atoms with E-state index in [0.717, 1.165) is 42.7 Å². The highest BCUT2D eigenvalue weighted by atomic mass is 32.2. The van der Waals surface area contributed by atoms with E-state index in [4.69, 9.17) is 9.47 Å². The summed E-state index contributed by atoms with van der Waals surface area (Å²) in [6.07, 6.45) is 2.79. The van der Waals surface area contributed by atoms with E-state index in [1.54, 1.807) is 19.2 Å². The number of rotatable bonds is 10. The molecule has 2 aromatic carbocycles. The van der Waals surface area contributed by atoms with Crippen LogP contribution >= 0.6 is 11.8 Å². The average Bonchev–Trinajstić information content (AvgIpc) is 3.51. The number of ether oxygens (including phenoxy) is 2. The molecular formula is C25H29FN4O3S. The minimum absolute atomic E-state index is 0.0616. The van der Waals surface area contributed by atoms with Crippen LogP contribution in [0.25, 0.3) is 11.4 Å². The smallest absolute Gasteiger partial charge is 0.233 e. The Morgan fingerprint density at radius 1 is 1.24 bits per heavy atom.